The van der Waals surface area contributed by atoms with Gasteiger partial charge in [-0.2, -0.15) is 13.2 Å². The third-order valence-corrected chi connectivity index (χ3v) is 2.61. The molecule has 2 heterocycles. The van der Waals surface area contributed by atoms with Gasteiger partial charge in [0.25, 0.3) is 0 Å². The average Bonchev–Trinajstić information content (AvgIpc) is 2.39. The molecule has 0 aliphatic heterocycles. The number of nitrogens with one attached hydrogen (secondary N) is 1. The summed E-state index contributed by atoms with van der Waals surface area (Å²) in [7, 11) is 0. The summed E-state index contributed by atoms with van der Waals surface area (Å²) >= 11 is 0. The van der Waals surface area contributed by atoms with Gasteiger partial charge < -0.3 is 5.32 Å². The van der Waals surface area contributed by atoms with Crippen molar-refractivity contribution in [2.45, 2.75) is 19.1 Å². The van der Waals surface area contributed by atoms with Crippen molar-refractivity contribution in [1.82, 2.24) is 9.97 Å². The van der Waals surface area contributed by atoms with E-state index >= 15 is 0 Å². The van der Waals surface area contributed by atoms with Crippen LogP contribution in [0.2, 0.25) is 0 Å². The lowest BCUT2D eigenvalue weighted by molar-refractivity contribution is -0.141. The normalized spacial score (nSPS) is 13.1. The Kier molecular flexibility index (Phi) is 3.69. The minimum atomic E-state index is -4.41. The van der Waals surface area contributed by atoms with Gasteiger partial charge >= 0.3 is 6.18 Å². The highest BCUT2D eigenvalue weighted by Gasteiger charge is 2.32. The molecule has 0 aliphatic carbocycles. The Bertz CT molecular complexity index is 523. The van der Waals surface area contributed by atoms with E-state index in [9.17, 15) is 13.2 Å². The Labute approximate surface area is 108 Å². The van der Waals surface area contributed by atoms with Crippen LogP contribution >= 0.6 is 0 Å². The number of aromatic nitrogens is 2. The van der Waals surface area contributed by atoms with Crippen molar-refractivity contribution >= 4 is 5.82 Å². The fraction of sp³-hybridized carbons (Fsp3) is 0.231. The summed E-state index contributed by atoms with van der Waals surface area (Å²) in [5, 5.41) is 3.08. The Morgan fingerprint density at radius 3 is 2.42 bits per heavy atom. The SMILES string of the molecule is C[C@H](Nc1ccccn1)c1ccc(C(F)(F)F)nc1. The van der Waals surface area contributed by atoms with E-state index in [1.807, 2.05) is 13.0 Å². The highest BCUT2D eigenvalue weighted by Crippen LogP contribution is 2.28. The molecule has 0 saturated heterocycles. The van der Waals surface area contributed by atoms with Gasteiger partial charge in [0.2, 0.25) is 0 Å². The van der Waals surface area contributed by atoms with E-state index in [2.05, 4.69) is 15.3 Å². The first-order valence-corrected chi connectivity index (χ1v) is 5.67. The zero-order chi connectivity index (χ0) is 13.9. The molecule has 2 aromatic rings. The van der Waals surface area contributed by atoms with E-state index in [1.165, 1.54) is 12.3 Å². The van der Waals surface area contributed by atoms with Crippen molar-refractivity contribution < 1.29 is 13.2 Å². The molecule has 0 amide bonds. The molecule has 0 fully saturated rings. The molecule has 0 spiro atoms. The van der Waals surface area contributed by atoms with Crippen LogP contribution in [-0.4, -0.2) is 9.97 Å². The molecule has 2 rings (SSSR count). The van der Waals surface area contributed by atoms with Gasteiger partial charge in [-0.1, -0.05) is 12.1 Å². The largest absolute Gasteiger partial charge is 0.433 e. The van der Waals surface area contributed by atoms with Crippen molar-refractivity contribution in [1.29, 1.82) is 0 Å². The summed E-state index contributed by atoms with van der Waals surface area (Å²) in [4.78, 5) is 7.52. The molecule has 3 nitrogen and oxygen atoms in total. The van der Waals surface area contributed by atoms with E-state index in [0.717, 1.165) is 6.07 Å². The van der Waals surface area contributed by atoms with Crippen molar-refractivity contribution in [3.8, 4) is 0 Å². The number of anilines is 1. The van der Waals surface area contributed by atoms with Crippen LogP contribution in [0.5, 0.6) is 0 Å². The Balaban J connectivity index is 2.10. The summed E-state index contributed by atoms with van der Waals surface area (Å²) in [6, 6.07) is 7.61. The predicted molar refractivity (Wildman–Crippen MR) is 65.5 cm³/mol. The third kappa shape index (κ3) is 3.43. The van der Waals surface area contributed by atoms with Gasteiger partial charge in [0.05, 0.1) is 6.04 Å². The van der Waals surface area contributed by atoms with Crippen molar-refractivity contribution in [3.05, 3.63) is 54.0 Å². The fourth-order valence-electron chi connectivity index (χ4n) is 1.58. The van der Waals surface area contributed by atoms with Crippen LogP contribution in [0.15, 0.2) is 42.7 Å². The van der Waals surface area contributed by atoms with Crippen LogP contribution in [0.25, 0.3) is 0 Å². The van der Waals surface area contributed by atoms with Gasteiger partial charge in [-0.25, -0.2) is 4.98 Å². The van der Waals surface area contributed by atoms with Crippen LogP contribution in [0, 0.1) is 0 Å². The molecule has 0 radical (unpaired) electrons. The molecule has 6 heteroatoms. The quantitative estimate of drug-likeness (QED) is 0.922. The highest BCUT2D eigenvalue weighted by atomic mass is 19.4. The fourth-order valence-corrected chi connectivity index (χ4v) is 1.58. The summed E-state index contributed by atoms with van der Waals surface area (Å²) in [6.45, 7) is 1.83. The van der Waals surface area contributed by atoms with Crippen LogP contribution in [0.1, 0.15) is 24.2 Å². The first kappa shape index (κ1) is 13.3. The smallest absolute Gasteiger partial charge is 0.363 e. The molecule has 2 aromatic heterocycles. The van der Waals surface area contributed by atoms with Gasteiger partial charge in [0, 0.05) is 12.4 Å². The van der Waals surface area contributed by atoms with Crippen LogP contribution < -0.4 is 5.32 Å². The lowest BCUT2D eigenvalue weighted by Gasteiger charge is -2.15. The van der Waals surface area contributed by atoms with Crippen LogP contribution in [-0.2, 0) is 6.18 Å². The molecule has 0 unspecified atom stereocenters. The third-order valence-electron chi connectivity index (χ3n) is 2.61. The number of alkyl halides is 3. The molecule has 0 saturated carbocycles. The summed E-state index contributed by atoms with van der Waals surface area (Å²) < 4.78 is 37.1. The first-order valence-electron chi connectivity index (χ1n) is 5.67. The Hall–Kier alpha value is -2.11. The molecular weight excluding hydrogens is 255 g/mol. The summed E-state index contributed by atoms with van der Waals surface area (Å²) in [5.74, 6) is 0.662. The number of hydrogen-bond acceptors (Lipinski definition) is 3. The van der Waals surface area contributed by atoms with E-state index in [1.54, 1.807) is 18.3 Å². The van der Waals surface area contributed by atoms with Crippen molar-refractivity contribution in [3.63, 3.8) is 0 Å². The molecule has 100 valence electrons. The monoisotopic (exact) mass is 267 g/mol. The first-order chi connectivity index (χ1) is 8.97. The molecule has 1 atom stereocenters. The number of nitrogens with zero attached hydrogens (tertiary/aromatic N) is 2. The number of halogens is 3. The van der Waals surface area contributed by atoms with Gasteiger partial charge in [-0.05, 0) is 30.7 Å². The Morgan fingerprint density at radius 2 is 1.89 bits per heavy atom. The molecule has 0 aromatic carbocycles. The van der Waals surface area contributed by atoms with E-state index < -0.39 is 11.9 Å². The standard InChI is InChI=1S/C13H12F3N3/c1-9(19-12-4-2-3-7-17-12)10-5-6-11(18-8-10)13(14,15)16/h2-9H,1H3,(H,17,19)/t9-/m0/s1. The maximum atomic E-state index is 12.4. The van der Waals surface area contributed by atoms with Crippen LogP contribution in [0.4, 0.5) is 19.0 Å². The minimum Gasteiger partial charge on any atom is -0.363 e. The second kappa shape index (κ2) is 5.26. The zero-order valence-corrected chi connectivity index (χ0v) is 10.1. The highest BCUT2D eigenvalue weighted by molar-refractivity contribution is 5.37. The average molecular weight is 267 g/mol. The van der Waals surface area contributed by atoms with E-state index in [4.69, 9.17) is 0 Å². The summed E-state index contributed by atoms with van der Waals surface area (Å²) in [6.07, 6.45) is -1.54. The van der Waals surface area contributed by atoms with Gasteiger partial charge in [-0.3, -0.25) is 4.98 Å². The maximum Gasteiger partial charge on any atom is 0.433 e. The van der Waals surface area contributed by atoms with E-state index in [-0.39, 0.29) is 6.04 Å². The Morgan fingerprint density at radius 1 is 1.11 bits per heavy atom. The zero-order valence-electron chi connectivity index (χ0n) is 10.1. The molecule has 19 heavy (non-hydrogen) atoms. The maximum absolute atomic E-state index is 12.4. The minimum absolute atomic E-state index is 0.176. The van der Waals surface area contributed by atoms with Gasteiger partial charge in [0.1, 0.15) is 11.5 Å². The number of pyridine rings is 2. The van der Waals surface area contributed by atoms with E-state index in [0.29, 0.717) is 11.4 Å². The number of hydrogen-bond donors (Lipinski definition) is 1. The second-order valence-corrected chi connectivity index (χ2v) is 4.06. The van der Waals surface area contributed by atoms with Crippen molar-refractivity contribution in [2.75, 3.05) is 5.32 Å². The molecule has 0 bridgehead atoms. The molecule has 1 N–H and O–H groups in total. The second-order valence-electron chi connectivity index (χ2n) is 4.06. The predicted octanol–water partition coefficient (Wildman–Crippen LogP) is 3.67. The van der Waals surface area contributed by atoms with Crippen LogP contribution in [0.3, 0.4) is 0 Å². The topological polar surface area (TPSA) is 37.8 Å². The van der Waals surface area contributed by atoms with Gasteiger partial charge in [-0.15, -0.1) is 0 Å². The van der Waals surface area contributed by atoms with Gasteiger partial charge in [0.15, 0.2) is 0 Å². The lowest BCUT2D eigenvalue weighted by Crippen LogP contribution is -2.11. The molecular formula is C13H12F3N3. The number of rotatable bonds is 3. The molecule has 0 aliphatic rings. The van der Waals surface area contributed by atoms with Crippen molar-refractivity contribution in [2.24, 2.45) is 0 Å². The summed E-state index contributed by atoms with van der Waals surface area (Å²) in [5.41, 5.74) is -0.222. The lowest BCUT2D eigenvalue weighted by atomic mass is 10.1.